The SMILES string of the molecule is CCS(=O)(=O)N1CC(CC#N)(n2cc(-c3ncc4cc[nH]c4n3)cn2)C1. The molecule has 4 rings (SSSR count). The number of nitrogens with one attached hydrogen (secondary N) is 1. The minimum atomic E-state index is -3.27. The maximum Gasteiger partial charge on any atom is 0.213 e. The number of hydrogen-bond donors (Lipinski definition) is 1. The third-order valence-corrected chi connectivity index (χ3v) is 6.51. The molecule has 1 fully saturated rings. The third-order valence-electron chi connectivity index (χ3n) is 4.73. The number of rotatable bonds is 5. The number of aromatic amines is 1. The Morgan fingerprint density at radius 3 is 2.92 bits per heavy atom. The fraction of sp³-hybridized carbons (Fsp3) is 0.375. The van der Waals surface area contributed by atoms with Gasteiger partial charge < -0.3 is 4.98 Å². The Hall–Kier alpha value is -2.77. The quantitative estimate of drug-likeness (QED) is 0.717. The number of fused-ring (bicyclic) bond motifs is 1. The van der Waals surface area contributed by atoms with Gasteiger partial charge in [0.1, 0.15) is 11.2 Å². The van der Waals surface area contributed by atoms with E-state index in [-0.39, 0.29) is 25.3 Å². The standard InChI is InChI=1S/C16H17N7O2S/c1-2-26(24,25)22-10-16(11-22,4-5-17)23-9-13(8-20-23)15-19-7-12-3-6-18-14(12)21-15/h3,6-9H,2,4,10-11H2,1H3,(H,18,19,21). The molecule has 0 spiro atoms. The normalized spacial score (nSPS) is 17.1. The van der Waals surface area contributed by atoms with Gasteiger partial charge in [0, 0.05) is 37.1 Å². The van der Waals surface area contributed by atoms with E-state index < -0.39 is 15.6 Å². The highest BCUT2D eigenvalue weighted by atomic mass is 32.2. The highest BCUT2D eigenvalue weighted by Gasteiger charge is 2.49. The van der Waals surface area contributed by atoms with Crippen LogP contribution in [0.4, 0.5) is 0 Å². The van der Waals surface area contributed by atoms with Gasteiger partial charge in [0.2, 0.25) is 10.0 Å². The van der Waals surface area contributed by atoms with Crippen molar-refractivity contribution in [2.24, 2.45) is 0 Å². The lowest BCUT2D eigenvalue weighted by Crippen LogP contribution is -2.64. The van der Waals surface area contributed by atoms with Crippen molar-refractivity contribution in [3.05, 3.63) is 30.9 Å². The molecule has 1 aliphatic rings. The first kappa shape index (κ1) is 16.7. The lowest BCUT2D eigenvalue weighted by molar-refractivity contribution is 0.0719. The van der Waals surface area contributed by atoms with Crippen LogP contribution in [0.25, 0.3) is 22.4 Å². The average molecular weight is 371 g/mol. The van der Waals surface area contributed by atoms with Crippen LogP contribution >= 0.6 is 0 Å². The van der Waals surface area contributed by atoms with Crippen LogP contribution in [0.2, 0.25) is 0 Å². The van der Waals surface area contributed by atoms with Crippen molar-refractivity contribution >= 4 is 21.1 Å². The minimum Gasteiger partial charge on any atom is -0.346 e. The molecule has 0 unspecified atom stereocenters. The Kier molecular flexibility index (Phi) is 3.78. The highest BCUT2D eigenvalue weighted by molar-refractivity contribution is 7.89. The molecule has 0 saturated carbocycles. The summed E-state index contributed by atoms with van der Waals surface area (Å²) in [5.74, 6) is 0.569. The van der Waals surface area contributed by atoms with Gasteiger partial charge in [-0.2, -0.15) is 14.7 Å². The summed E-state index contributed by atoms with van der Waals surface area (Å²) in [6, 6.07) is 4.04. The Morgan fingerprint density at radius 1 is 1.38 bits per heavy atom. The summed E-state index contributed by atoms with van der Waals surface area (Å²) in [6.07, 6.45) is 7.12. The van der Waals surface area contributed by atoms with Gasteiger partial charge in [-0.3, -0.25) is 4.68 Å². The summed E-state index contributed by atoms with van der Waals surface area (Å²) in [5, 5.41) is 14.5. The van der Waals surface area contributed by atoms with Crippen molar-refractivity contribution in [2.75, 3.05) is 18.8 Å². The molecule has 0 bridgehead atoms. The first-order valence-electron chi connectivity index (χ1n) is 8.18. The Morgan fingerprint density at radius 2 is 2.19 bits per heavy atom. The van der Waals surface area contributed by atoms with E-state index in [1.54, 1.807) is 36.4 Å². The third kappa shape index (κ3) is 2.56. The second-order valence-corrected chi connectivity index (χ2v) is 8.63. The maximum absolute atomic E-state index is 12.0. The number of nitrogens with zero attached hydrogens (tertiary/aromatic N) is 6. The topological polar surface area (TPSA) is 121 Å². The summed E-state index contributed by atoms with van der Waals surface area (Å²) in [6.45, 7) is 2.10. The Bertz CT molecular complexity index is 1100. The summed E-state index contributed by atoms with van der Waals surface area (Å²) in [4.78, 5) is 11.9. The molecular weight excluding hydrogens is 354 g/mol. The second-order valence-electron chi connectivity index (χ2n) is 6.38. The van der Waals surface area contributed by atoms with Crippen molar-refractivity contribution in [3.8, 4) is 17.5 Å². The van der Waals surface area contributed by atoms with Crippen molar-refractivity contribution in [1.82, 2.24) is 29.0 Å². The summed E-state index contributed by atoms with van der Waals surface area (Å²) in [7, 11) is -3.27. The first-order chi connectivity index (χ1) is 12.5. The van der Waals surface area contributed by atoms with Gasteiger partial charge in [-0.1, -0.05) is 0 Å². The van der Waals surface area contributed by atoms with Crippen LogP contribution in [0.15, 0.2) is 30.9 Å². The zero-order chi connectivity index (χ0) is 18.4. The highest BCUT2D eigenvalue weighted by Crippen LogP contribution is 2.35. The van der Waals surface area contributed by atoms with Gasteiger partial charge in [0.15, 0.2) is 5.82 Å². The zero-order valence-corrected chi connectivity index (χ0v) is 14.9. The molecule has 134 valence electrons. The molecule has 1 saturated heterocycles. The summed E-state index contributed by atoms with van der Waals surface area (Å²) in [5.41, 5.74) is 0.806. The van der Waals surface area contributed by atoms with Crippen LogP contribution in [0.3, 0.4) is 0 Å². The largest absolute Gasteiger partial charge is 0.346 e. The van der Waals surface area contributed by atoms with Crippen molar-refractivity contribution in [1.29, 1.82) is 5.26 Å². The Labute approximate surface area is 150 Å². The van der Waals surface area contributed by atoms with Crippen molar-refractivity contribution in [2.45, 2.75) is 18.9 Å². The zero-order valence-electron chi connectivity index (χ0n) is 14.1. The van der Waals surface area contributed by atoms with Gasteiger partial charge >= 0.3 is 0 Å². The number of nitriles is 1. The monoisotopic (exact) mass is 371 g/mol. The lowest BCUT2D eigenvalue weighted by atomic mass is 9.89. The maximum atomic E-state index is 12.0. The molecule has 3 aromatic heterocycles. The van der Waals surface area contributed by atoms with Crippen molar-refractivity contribution < 1.29 is 8.42 Å². The van der Waals surface area contributed by atoms with E-state index in [2.05, 4.69) is 26.1 Å². The molecule has 10 heteroatoms. The molecule has 0 radical (unpaired) electrons. The molecule has 3 aromatic rings. The average Bonchev–Trinajstić information content (AvgIpc) is 3.26. The summed E-state index contributed by atoms with van der Waals surface area (Å²) < 4.78 is 27.1. The van der Waals surface area contributed by atoms with Crippen molar-refractivity contribution in [3.63, 3.8) is 0 Å². The molecule has 0 aliphatic carbocycles. The van der Waals surface area contributed by atoms with Crippen LogP contribution in [-0.4, -0.2) is 56.3 Å². The smallest absolute Gasteiger partial charge is 0.213 e. The summed E-state index contributed by atoms with van der Waals surface area (Å²) >= 11 is 0. The molecular formula is C16H17N7O2S. The predicted molar refractivity (Wildman–Crippen MR) is 94.3 cm³/mol. The molecule has 0 aromatic carbocycles. The molecule has 4 heterocycles. The van der Waals surface area contributed by atoms with Crippen LogP contribution in [0.5, 0.6) is 0 Å². The number of aromatic nitrogens is 5. The second kappa shape index (κ2) is 5.89. The van der Waals surface area contributed by atoms with Crippen LogP contribution in [-0.2, 0) is 15.6 Å². The van der Waals surface area contributed by atoms with Gasteiger partial charge in [-0.05, 0) is 13.0 Å². The van der Waals surface area contributed by atoms with Gasteiger partial charge in [-0.25, -0.2) is 18.4 Å². The van der Waals surface area contributed by atoms with Gasteiger partial charge in [0.05, 0.1) is 30.0 Å². The molecule has 9 nitrogen and oxygen atoms in total. The fourth-order valence-electron chi connectivity index (χ4n) is 3.15. The predicted octanol–water partition coefficient (Wildman–Crippen LogP) is 1.10. The van der Waals surface area contributed by atoms with Crippen LogP contribution in [0, 0.1) is 11.3 Å². The van der Waals surface area contributed by atoms with E-state index in [9.17, 15) is 13.7 Å². The fourth-order valence-corrected chi connectivity index (χ4v) is 4.39. The minimum absolute atomic E-state index is 0.0456. The molecule has 0 atom stereocenters. The van der Waals surface area contributed by atoms with Crippen LogP contribution < -0.4 is 0 Å². The lowest BCUT2D eigenvalue weighted by Gasteiger charge is -2.47. The van der Waals surface area contributed by atoms with Crippen LogP contribution in [0.1, 0.15) is 13.3 Å². The number of hydrogen-bond acceptors (Lipinski definition) is 6. The van der Waals surface area contributed by atoms with Gasteiger partial charge in [-0.15, -0.1) is 0 Å². The van der Waals surface area contributed by atoms with E-state index in [4.69, 9.17) is 0 Å². The number of sulfonamides is 1. The van der Waals surface area contributed by atoms with Gasteiger partial charge in [0.25, 0.3) is 0 Å². The van der Waals surface area contributed by atoms with E-state index in [0.29, 0.717) is 5.82 Å². The van der Waals surface area contributed by atoms with E-state index in [1.165, 1.54) is 4.31 Å². The van der Waals surface area contributed by atoms with E-state index in [1.807, 2.05) is 6.07 Å². The number of H-pyrrole nitrogens is 1. The Balaban J connectivity index is 1.64. The van der Waals surface area contributed by atoms with E-state index >= 15 is 0 Å². The van der Waals surface area contributed by atoms with E-state index in [0.717, 1.165) is 16.6 Å². The molecule has 26 heavy (non-hydrogen) atoms. The first-order valence-corrected chi connectivity index (χ1v) is 9.79. The molecule has 1 N–H and O–H groups in total. The molecule has 1 aliphatic heterocycles. The molecule has 0 amide bonds.